The third kappa shape index (κ3) is 2.97. The van der Waals surface area contributed by atoms with Crippen LogP contribution in [0, 0.1) is 0 Å². The van der Waals surface area contributed by atoms with Gasteiger partial charge in [-0.25, -0.2) is 0 Å². The number of phenolic OH excluding ortho intramolecular Hbond substituents is 1. The molecule has 6 heteroatoms. The normalized spacial score (nSPS) is 10.6. The molecule has 3 aromatic rings. The first kappa shape index (κ1) is 12.7. The number of pyridine rings is 1. The van der Waals surface area contributed by atoms with E-state index in [1.165, 1.54) is 11.8 Å². The number of thioether (sulfide) groups is 1. The smallest absolute Gasteiger partial charge is 0.237 e. The minimum absolute atomic E-state index is 0.245. The Bertz CT molecular complexity index is 700. The highest BCUT2D eigenvalue weighted by Crippen LogP contribution is 2.25. The second-order valence-corrected chi connectivity index (χ2v) is 5.06. The summed E-state index contributed by atoms with van der Waals surface area (Å²) in [6.45, 7) is 0. The first-order chi connectivity index (χ1) is 9.81. The summed E-state index contributed by atoms with van der Waals surface area (Å²) in [6, 6.07) is 12.6. The van der Waals surface area contributed by atoms with Gasteiger partial charge in [0.1, 0.15) is 11.4 Å². The molecule has 0 aliphatic heterocycles. The Morgan fingerprint density at radius 2 is 2.10 bits per heavy atom. The maximum Gasteiger partial charge on any atom is 0.237 e. The van der Waals surface area contributed by atoms with Crippen LogP contribution in [0.15, 0.2) is 58.1 Å². The van der Waals surface area contributed by atoms with E-state index in [4.69, 9.17) is 4.52 Å². The summed E-state index contributed by atoms with van der Waals surface area (Å²) in [5.41, 5.74) is 0.685. The Hall–Kier alpha value is -2.34. The van der Waals surface area contributed by atoms with E-state index in [9.17, 15) is 5.11 Å². The third-order valence-corrected chi connectivity index (χ3v) is 3.52. The molecule has 0 atom stereocenters. The highest BCUT2D eigenvalue weighted by Gasteiger charge is 2.09. The number of nitrogens with zero attached hydrogens (tertiary/aromatic N) is 3. The van der Waals surface area contributed by atoms with Crippen LogP contribution in [0.25, 0.3) is 11.5 Å². The van der Waals surface area contributed by atoms with Crippen molar-refractivity contribution in [3.05, 3.63) is 54.6 Å². The first-order valence-electron chi connectivity index (χ1n) is 5.97. The maximum absolute atomic E-state index is 9.39. The largest absolute Gasteiger partial charge is 0.508 e. The zero-order valence-electron chi connectivity index (χ0n) is 10.4. The second kappa shape index (κ2) is 5.75. The fourth-order valence-electron chi connectivity index (χ4n) is 1.63. The van der Waals surface area contributed by atoms with Gasteiger partial charge < -0.3 is 9.63 Å². The molecule has 0 aliphatic carbocycles. The molecule has 0 unspecified atom stereocenters. The summed E-state index contributed by atoms with van der Waals surface area (Å²) in [6.07, 6.45) is 1.69. The zero-order valence-corrected chi connectivity index (χ0v) is 11.2. The monoisotopic (exact) mass is 285 g/mol. The molecule has 1 N–H and O–H groups in total. The molecule has 1 aromatic carbocycles. The van der Waals surface area contributed by atoms with Crippen molar-refractivity contribution in [1.82, 2.24) is 15.1 Å². The van der Waals surface area contributed by atoms with Crippen LogP contribution in [-0.2, 0) is 5.75 Å². The molecule has 100 valence electrons. The van der Waals surface area contributed by atoms with Gasteiger partial charge in [-0.1, -0.05) is 17.3 Å². The van der Waals surface area contributed by atoms with Crippen LogP contribution in [-0.4, -0.2) is 20.2 Å². The van der Waals surface area contributed by atoms with Crippen molar-refractivity contribution < 1.29 is 9.63 Å². The summed E-state index contributed by atoms with van der Waals surface area (Å²) in [4.78, 5) is 9.41. The topological polar surface area (TPSA) is 72.0 Å². The van der Waals surface area contributed by atoms with Gasteiger partial charge in [-0.3, -0.25) is 4.98 Å². The minimum atomic E-state index is 0.245. The highest BCUT2D eigenvalue weighted by atomic mass is 32.2. The van der Waals surface area contributed by atoms with Gasteiger partial charge in [0.15, 0.2) is 0 Å². The zero-order chi connectivity index (χ0) is 13.8. The van der Waals surface area contributed by atoms with Crippen LogP contribution in [0.3, 0.4) is 0 Å². The van der Waals surface area contributed by atoms with E-state index in [1.807, 2.05) is 24.3 Å². The fourth-order valence-corrected chi connectivity index (χ4v) is 2.42. The summed E-state index contributed by atoms with van der Waals surface area (Å²) < 4.78 is 5.19. The van der Waals surface area contributed by atoms with Crippen molar-refractivity contribution in [1.29, 1.82) is 0 Å². The number of aromatic nitrogens is 3. The standard InChI is InChI=1S/C14H11N3O2S/c18-10-4-3-5-11(8-10)20-9-13-16-14(17-19-13)12-6-1-2-7-15-12/h1-8,18H,9H2. The van der Waals surface area contributed by atoms with Gasteiger partial charge in [-0.2, -0.15) is 4.98 Å². The molecule has 0 fully saturated rings. The summed E-state index contributed by atoms with van der Waals surface area (Å²) in [5, 5.41) is 13.3. The predicted molar refractivity (Wildman–Crippen MR) is 75.2 cm³/mol. The lowest BCUT2D eigenvalue weighted by Crippen LogP contribution is -1.85. The van der Waals surface area contributed by atoms with E-state index in [0.29, 0.717) is 23.2 Å². The number of hydrogen-bond acceptors (Lipinski definition) is 6. The van der Waals surface area contributed by atoms with Crippen LogP contribution < -0.4 is 0 Å². The number of rotatable bonds is 4. The lowest BCUT2D eigenvalue weighted by atomic mass is 10.3. The van der Waals surface area contributed by atoms with E-state index in [2.05, 4.69) is 15.1 Å². The van der Waals surface area contributed by atoms with E-state index in [1.54, 1.807) is 24.4 Å². The Balaban J connectivity index is 1.69. The van der Waals surface area contributed by atoms with Crippen molar-refractivity contribution >= 4 is 11.8 Å². The first-order valence-corrected chi connectivity index (χ1v) is 6.95. The molecular formula is C14H11N3O2S. The van der Waals surface area contributed by atoms with Gasteiger partial charge >= 0.3 is 0 Å². The molecule has 0 saturated heterocycles. The van der Waals surface area contributed by atoms with Crippen molar-refractivity contribution in [2.75, 3.05) is 0 Å². The van der Waals surface area contributed by atoms with Crippen LogP contribution >= 0.6 is 11.8 Å². The van der Waals surface area contributed by atoms with Gasteiger partial charge in [0.25, 0.3) is 0 Å². The lowest BCUT2D eigenvalue weighted by molar-refractivity contribution is 0.391. The third-order valence-electron chi connectivity index (χ3n) is 2.54. The van der Waals surface area contributed by atoms with Crippen molar-refractivity contribution in [2.45, 2.75) is 10.6 Å². The van der Waals surface area contributed by atoms with Crippen molar-refractivity contribution in [3.63, 3.8) is 0 Å². The Morgan fingerprint density at radius 3 is 2.90 bits per heavy atom. The average molecular weight is 285 g/mol. The maximum atomic E-state index is 9.39. The van der Waals surface area contributed by atoms with Gasteiger partial charge in [-0.05, 0) is 30.3 Å². The van der Waals surface area contributed by atoms with Crippen LogP contribution in [0.2, 0.25) is 0 Å². The van der Waals surface area contributed by atoms with Gasteiger partial charge in [-0.15, -0.1) is 11.8 Å². The van der Waals surface area contributed by atoms with Crippen molar-refractivity contribution in [3.8, 4) is 17.3 Å². The number of hydrogen-bond donors (Lipinski definition) is 1. The molecule has 3 rings (SSSR count). The molecule has 0 amide bonds. The van der Waals surface area contributed by atoms with Gasteiger partial charge in [0.2, 0.25) is 11.7 Å². The number of phenols is 1. The average Bonchev–Trinajstić information content (AvgIpc) is 2.95. The van der Waals surface area contributed by atoms with Crippen molar-refractivity contribution in [2.24, 2.45) is 0 Å². The van der Waals surface area contributed by atoms with Crippen LogP contribution in [0.4, 0.5) is 0 Å². The molecule has 0 aliphatic rings. The molecule has 0 bridgehead atoms. The minimum Gasteiger partial charge on any atom is -0.508 e. The quantitative estimate of drug-likeness (QED) is 0.742. The highest BCUT2D eigenvalue weighted by molar-refractivity contribution is 7.98. The van der Waals surface area contributed by atoms with E-state index in [-0.39, 0.29) is 5.75 Å². The molecule has 0 saturated carbocycles. The molecule has 2 heterocycles. The molecule has 20 heavy (non-hydrogen) atoms. The molecule has 2 aromatic heterocycles. The van der Waals surface area contributed by atoms with Crippen LogP contribution in [0.5, 0.6) is 5.75 Å². The summed E-state index contributed by atoms with van der Waals surface area (Å²) in [7, 11) is 0. The molecule has 0 spiro atoms. The predicted octanol–water partition coefficient (Wildman–Crippen LogP) is 3.13. The Morgan fingerprint density at radius 1 is 1.15 bits per heavy atom. The van der Waals surface area contributed by atoms with E-state index >= 15 is 0 Å². The van der Waals surface area contributed by atoms with E-state index in [0.717, 1.165) is 4.90 Å². The lowest BCUT2D eigenvalue weighted by Gasteiger charge is -1.98. The summed E-state index contributed by atoms with van der Waals surface area (Å²) in [5.74, 6) is 1.80. The molecule has 5 nitrogen and oxygen atoms in total. The number of aromatic hydroxyl groups is 1. The summed E-state index contributed by atoms with van der Waals surface area (Å²) >= 11 is 1.52. The Labute approximate surface area is 119 Å². The molecule has 0 radical (unpaired) electrons. The van der Waals surface area contributed by atoms with Gasteiger partial charge in [0.05, 0.1) is 5.75 Å². The van der Waals surface area contributed by atoms with E-state index < -0.39 is 0 Å². The number of benzene rings is 1. The fraction of sp³-hybridized carbons (Fsp3) is 0.0714. The SMILES string of the molecule is Oc1cccc(SCc2nc(-c3ccccn3)no2)c1. The van der Waals surface area contributed by atoms with Crippen LogP contribution in [0.1, 0.15) is 5.89 Å². The second-order valence-electron chi connectivity index (χ2n) is 4.01. The molecular weight excluding hydrogens is 274 g/mol. The van der Waals surface area contributed by atoms with Gasteiger partial charge in [0, 0.05) is 11.1 Å². The Kier molecular flexibility index (Phi) is 3.64.